The van der Waals surface area contributed by atoms with Crippen molar-refractivity contribution in [3.63, 3.8) is 0 Å². The number of methoxy groups -OCH3 is 1. The highest BCUT2D eigenvalue weighted by Gasteiger charge is 2.28. The summed E-state index contributed by atoms with van der Waals surface area (Å²) < 4.78 is 5.23. The minimum absolute atomic E-state index is 0.449. The van der Waals surface area contributed by atoms with E-state index in [1.165, 1.54) is 12.8 Å². The molecule has 0 unspecified atom stereocenters. The normalized spacial score (nSPS) is 17.0. The Hall–Kier alpha value is -2.57. The van der Waals surface area contributed by atoms with Crippen LogP contribution in [0.25, 0.3) is 22.3 Å². The van der Waals surface area contributed by atoms with Gasteiger partial charge in [-0.15, -0.1) is 0 Å². The Bertz CT molecular complexity index is 917. The van der Waals surface area contributed by atoms with E-state index in [-0.39, 0.29) is 0 Å². The first-order valence-corrected chi connectivity index (χ1v) is 9.87. The number of aromatic nitrogens is 3. The molecule has 6 heteroatoms. The van der Waals surface area contributed by atoms with Gasteiger partial charge in [0.1, 0.15) is 5.82 Å². The molecule has 0 amide bonds. The van der Waals surface area contributed by atoms with Gasteiger partial charge in [0, 0.05) is 56.1 Å². The zero-order valence-electron chi connectivity index (χ0n) is 16.6. The highest BCUT2D eigenvalue weighted by Crippen LogP contribution is 2.32. The van der Waals surface area contributed by atoms with E-state index in [1.807, 2.05) is 18.2 Å². The van der Waals surface area contributed by atoms with Crippen molar-refractivity contribution in [1.29, 1.82) is 0 Å². The first-order chi connectivity index (χ1) is 13.8. The molecule has 0 saturated carbocycles. The Kier molecular flexibility index (Phi) is 5.78. The van der Waals surface area contributed by atoms with Crippen LogP contribution in [0.15, 0.2) is 48.8 Å². The number of rotatable bonds is 7. The van der Waals surface area contributed by atoms with Gasteiger partial charge in [0.25, 0.3) is 0 Å². The van der Waals surface area contributed by atoms with Gasteiger partial charge in [-0.05, 0) is 44.2 Å². The molecule has 0 radical (unpaired) electrons. The van der Waals surface area contributed by atoms with Crippen molar-refractivity contribution in [2.75, 3.05) is 45.3 Å². The second kappa shape index (κ2) is 8.63. The third-order valence-corrected chi connectivity index (χ3v) is 5.37. The van der Waals surface area contributed by atoms with Crippen molar-refractivity contribution >= 4 is 16.7 Å². The zero-order chi connectivity index (χ0) is 19.3. The summed E-state index contributed by atoms with van der Waals surface area (Å²) in [5.41, 5.74) is 1.98. The number of likely N-dealkylation sites (N-methyl/N-ethyl adjacent to an activating group) is 1. The molecule has 4 rings (SSSR count). The molecule has 0 spiro atoms. The predicted molar refractivity (Wildman–Crippen MR) is 113 cm³/mol. The summed E-state index contributed by atoms with van der Waals surface area (Å²) in [5, 5.41) is 1.12. The summed E-state index contributed by atoms with van der Waals surface area (Å²) in [6.45, 7) is 3.73. The largest absolute Gasteiger partial charge is 0.383 e. The summed E-state index contributed by atoms with van der Waals surface area (Å²) in [5.74, 6) is 1.80. The van der Waals surface area contributed by atoms with Crippen LogP contribution in [0, 0.1) is 0 Å². The van der Waals surface area contributed by atoms with Crippen LogP contribution in [0.2, 0.25) is 0 Å². The molecular weight excluding hydrogens is 350 g/mol. The molecule has 2 aromatic heterocycles. The van der Waals surface area contributed by atoms with Crippen molar-refractivity contribution in [1.82, 2.24) is 19.9 Å². The van der Waals surface area contributed by atoms with E-state index in [4.69, 9.17) is 14.7 Å². The zero-order valence-corrected chi connectivity index (χ0v) is 16.6. The molecule has 0 bridgehead atoms. The molecule has 1 aliphatic heterocycles. The van der Waals surface area contributed by atoms with E-state index < -0.39 is 0 Å². The minimum atomic E-state index is 0.449. The van der Waals surface area contributed by atoms with Gasteiger partial charge in [0.05, 0.1) is 12.1 Å². The van der Waals surface area contributed by atoms with E-state index in [9.17, 15) is 0 Å². The van der Waals surface area contributed by atoms with Gasteiger partial charge in [0.2, 0.25) is 0 Å². The first-order valence-electron chi connectivity index (χ1n) is 9.87. The van der Waals surface area contributed by atoms with Crippen LogP contribution in [0.1, 0.15) is 12.8 Å². The van der Waals surface area contributed by atoms with Gasteiger partial charge in [-0.25, -0.2) is 9.97 Å². The SMILES string of the molecule is COCCN(C)C[C@@H]1CCCN1c1nc(-c2ccncc2)nc2ccccc12. The van der Waals surface area contributed by atoms with Crippen LogP contribution >= 0.6 is 0 Å². The number of nitrogens with zero attached hydrogens (tertiary/aromatic N) is 5. The second-order valence-corrected chi connectivity index (χ2v) is 7.37. The molecule has 3 heterocycles. The highest BCUT2D eigenvalue weighted by molar-refractivity contribution is 5.91. The van der Waals surface area contributed by atoms with Crippen LogP contribution in [0.5, 0.6) is 0 Å². The van der Waals surface area contributed by atoms with E-state index in [1.54, 1.807) is 19.5 Å². The lowest BCUT2D eigenvalue weighted by Crippen LogP contribution is -2.40. The summed E-state index contributed by atoms with van der Waals surface area (Å²) in [6, 6.07) is 12.7. The molecule has 1 atom stereocenters. The van der Waals surface area contributed by atoms with E-state index >= 15 is 0 Å². The molecular formula is C22H27N5O. The van der Waals surface area contributed by atoms with Crippen molar-refractivity contribution in [2.24, 2.45) is 0 Å². The van der Waals surface area contributed by atoms with Crippen molar-refractivity contribution < 1.29 is 4.74 Å². The fourth-order valence-electron chi connectivity index (χ4n) is 3.91. The van der Waals surface area contributed by atoms with E-state index in [0.29, 0.717) is 6.04 Å². The van der Waals surface area contributed by atoms with E-state index in [2.05, 4.69) is 40.0 Å². The standard InChI is InChI=1S/C22H27N5O/c1-26(14-15-28-2)16-18-6-5-13-27(18)22-19-7-3-4-8-20(19)24-21(25-22)17-9-11-23-12-10-17/h3-4,7-12,18H,5-6,13-16H2,1-2H3/t18-/m0/s1. The lowest BCUT2D eigenvalue weighted by molar-refractivity contribution is 0.158. The Morgan fingerprint density at radius 3 is 2.79 bits per heavy atom. The number of benzene rings is 1. The molecule has 1 aromatic carbocycles. The van der Waals surface area contributed by atoms with Gasteiger partial charge < -0.3 is 14.5 Å². The maximum atomic E-state index is 5.23. The monoisotopic (exact) mass is 377 g/mol. The smallest absolute Gasteiger partial charge is 0.162 e. The fourth-order valence-corrected chi connectivity index (χ4v) is 3.91. The van der Waals surface area contributed by atoms with Gasteiger partial charge in [-0.2, -0.15) is 0 Å². The fraction of sp³-hybridized carbons (Fsp3) is 0.409. The van der Waals surface area contributed by atoms with Crippen LogP contribution in [0.4, 0.5) is 5.82 Å². The van der Waals surface area contributed by atoms with Gasteiger partial charge in [-0.3, -0.25) is 4.98 Å². The number of ether oxygens (including phenoxy) is 1. The molecule has 6 nitrogen and oxygen atoms in total. The average molecular weight is 377 g/mol. The average Bonchev–Trinajstić information content (AvgIpc) is 3.20. The molecule has 1 saturated heterocycles. The number of anilines is 1. The predicted octanol–water partition coefficient (Wildman–Crippen LogP) is 3.24. The van der Waals surface area contributed by atoms with Crippen LogP contribution in [-0.2, 0) is 4.74 Å². The summed E-state index contributed by atoms with van der Waals surface area (Å²) in [6.07, 6.45) is 5.94. The Balaban J connectivity index is 1.70. The quantitative estimate of drug-likeness (QED) is 0.630. The number of hydrogen-bond acceptors (Lipinski definition) is 6. The van der Waals surface area contributed by atoms with Gasteiger partial charge in [-0.1, -0.05) is 12.1 Å². The maximum Gasteiger partial charge on any atom is 0.162 e. The van der Waals surface area contributed by atoms with Crippen LogP contribution < -0.4 is 4.90 Å². The summed E-state index contributed by atoms with van der Waals surface area (Å²) >= 11 is 0. The number of pyridine rings is 1. The van der Waals surface area contributed by atoms with Crippen LogP contribution in [-0.4, -0.2) is 66.3 Å². The second-order valence-electron chi connectivity index (χ2n) is 7.37. The summed E-state index contributed by atoms with van der Waals surface area (Å²) in [7, 11) is 3.92. The molecule has 0 aliphatic carbocycles. The third kappa shape index (κ3) is 3.98. The number of hydrogen-bond donors (Lipinski definition) is 0. The Morgan fingerprint density at radius 2 is 1.96 bits per heavy atom. The maximum absolute atomic E-state index is 5.23. The van der Waals surface area contributed by atoms with Crippen molar-refractivity contribution in [3.8, 4) is 11.4 Å². The lowest BCUT2D eigenvalue weighted by atomic mass is 10.1. The highest BCUT2D eigenvalue weighted by atomic mass is 16.5. The van der Waals surface area contributed by atoms with Crippen LogP contribution in [0.3, 0.4) is 0 Å². The third-order valence-electron chi connectivity index (χ3n) is 5.37. The van der Waals surface area contributed by atoms with Crippen molar-refractivity contribution in [3.05, 3.63) is 48.8 Å². The Morgan fingerprint density at radius 1 is 1.14 bits per heavy atom. The molecule has 1 aliphatic rings. The van der Waals surface area contributed by atoms with Gasteiger partial charge in [0.15, 0.2) is 5.82 Å². The molecule has 3 aromatic rings. The van der Waals surface area contributed by atoms with Crippen molar-refractivity contribution in [2.45, 2.75) is 18.9 Å². The first kappa shape index (κ1) is 18.8. The van der Waals surface area contributed by atoms with Gasteiger partial charge >= 0.3 is 0 Å². The lowest BCUT2D eigenvalue weighted by Gasteiger charge is -2.30. The topological polar surface area (TPSA) is 54.4 Å². The van der Waals surface area contributed by atoms with E-state index in [0.717, 1.165) is 54.3 Å². The number of para-hydroxylation sites is 1. The number of fused-ring (bicyclic) bond motifs is 1. The molecule has 0 N–H and O–H groups in total. The molecule has 28 heavy (non-hydrogen) atoms. The minimum Gasteiger partial charge on any atom is -0.383 e. The molecule has 1 fully saturated rings. The summed E-state index contributed by atoms with van der Waals surface area (Å²) in [4.78, 5) is 18.8. The molecule has 146 valence electrons. The Labute approximate surface area is 166 Å².